The van der Waals surface area contributed by atoms with Crippen molar-refractivity contribution in [2.75, 3.05) is 0 Å². The van der Waals surface area contributed by atoms with Crippen LogP contribution in [0.2, 0.25) is 33.6 Å². The van der Waals surface area contributed by atoms with Gasteiger partial charge in [0.05, 0.1) is 0 Å². The Kier molecular flexibility index (Phi) is 6.88. The molecule has 0 aliphatic rings. The average Bonchev–Trinajstić information content (AvgIpc) is 2.00. The van der Waals surface area contributed by atoms with Gasteiger partial charge in [-0.3, -0.25) is 0 Å². The van der Waals surface area contributed by atoms with Crippen LogP contribution in [0.1, 0.15) is 26.2 Å². The van der Waals surface area contributed by atoms with Crippen molar-refractivity contribution < 1.29 is 0 Å². The molecule has 0 spiro atoms. The van der Waals surface area contributed by atoms with Crippen LogP contribution in [0.3, 0.4) is 0 Å². The zero-order valence-electron chi connectivity index (χ0n) is 11.9. The van der Waals surface area contributed by atoms with Gasteiger partial charge in [0.15, 0.2) is 0 Å². The predicted molar refractivity (Wildman–Crippen MR) is 79.1 cm³/mol. The van der Waals surface area contributed by atoms with E-state index < -0.39 is 36.8 Å². The van der Waals surface area contributed by atoms with Crippen LogP contribution in [0.15, 0.2) is 10.2 Å². The number of hydrogen-bond donors (Lipinski definition) is 0. The van der Waals surface area contributed by atoms with Crippen LogP contribution < -0.4 is 0 Å². The zero-order valence-corrected chi connectivity index (χ0v) is 17.6. The Labute approximate surface area is 106 Å². The van der Waals surface area contributed by atoms with Gasteiger partial charge in [0.1, 0.15) is 0 Å². The molecule has 1 atom stereocenters. The van der Waals surface area contributed by atoms with Gasteiger partial charge in [0, 0.05) is 0 Å². The van der Waals surface area contributed by atoms with Crippen molar-refractivity contribution in [3.63, 3.8) is 0 Å². The maximum absolute atomic E-state index is 4.49. The fraction of sp³-hybridized carbons (Fsp3) is 0.846. The average molecular weight is 424 g/mol. The summed E-state index contributed by atoms with van der Waals surface area (Å²) in [6, 6.07) is 0. The summed E-state index contributed by atoms with van der Waals surface area (Å²) in [6.45, 7) is 6.80. The quantitative estimate of drug-likeness (QED) is 0.507. The van der Waals surface area contributed by atoms with Crippen LogP contribution in [-0.4, -0.2) is 36.8 Å². The molecule has 0 bridgehead atoms. The molecule has 0 heterocycles. The zero-order chi connectivity index (χ0) is 12.3. The summed E-state index contributed by atoms with van der Waals surface area (Å²) < 4.78 is 2.68. The molecule has 0 amide bonds. The third-order valence-electron chi connectivity index (χ3n) is 3.28. The molecule has 0 rings (SSSR count). The number of unbranched alkanes of at least 4 members (excludes halogenated alkanes) is 1. The molecule has 0 nitrogen and oxygen atoms in total. The second kappa shape index (κ2) is 6.32. The normalized spacial score (nSPS) is 15.1. The number of rotatable bonds is 6. The fourth-order valence-corrected chi connectivity index (χ4v) is 28.1. The molecule has 0 aliphatic carbocycles. The predicted octanol–water partition coefficient (Wildman–Crippen LogP) is 5.32. The van der Waals surface area contributed by atoms with Crippen LogP contribution in [0, 0.1) is 0 Å². The van der Waals surface area contributed by atoms with Crippen LogP contribution in [0.25, 0.3) is 0 Å². The summed E-state index contributed by atoms with van der Waals surface area (Å²) in [7, 11) is 0. The van der Waals surface area contributed by atoms with Gasteiger partial charge in [-0.1, -0.05) is 0 Å². The van der Waals surface area contributed by atoms with Crippen molar-refractivity contribution in [3.8, 4) is 0 Å². The maximum atomic E-state index is 4.49. The van der Waals surface area contributed by atoms with E-state index >= 15 is 0 Å². The Hall–Kier alpha value is 1.34. The molecule has 0 aromatic rings. The molecule has 0 aromatic heterocycles. The van der Waals surface area contributed by atoms with E-state index in [1.807, 2.05) is 0 Å². The van der Waals surface area contributed by atoms with Crippen LogP contribution in [0.4, 0.5) is 0 Å². The molecule has 0 saturated carbocycles. The van der Waals surface area contributed by atoms with E-state index in [1.165, 1.54) is 19.3 Å². The van der Waals surface area contributed by atoms with Gasteiger partial charge in [0.25, 0.3) is 0 Å². The van der Waals surface area contributed by atoms with Crippen LogP contribution >= 0.6 is 0 Å². The molecule has 1 unspecified atom stereocenters. The van der Waals surface area contributed by atoms with Crippen molar-refractivity contribution in [2.45, 2.75) is 59.8 Å². The monoisotopic (exact) mass is 426 g/mol. The first-order chi connectivity index (χ1) is 6.60. The van der Waals surface area contributed by atoms with Crippen molar-refractivity contribution >= 4 is 36.8 Å². The summed E-state index contributed by atoms with van der Waals surface area (Å²) in [6.07, 6.45) is 4.17. The Bertz CT molecular complexity index is 206. The third-order valence-corrected chi connectivity index (χ3v) is 19.9. The van der Waals surface area contributed by atoms with Crippen molar-refractivity contribution in [2.24, 2.45) is 0 Å². The summed E-state index contributed by atoms with van der Waals surface area (Å²) in [5.74, 6) is 0. The molecule has 0 aromatic carbocycles. The SMILES string of the molecule is C=[C]([CH](CCCC)[Sn]([CH3])([CH3])[CH3])[Sn]([CH3])([CH3])[CH3]. The van der Waals surface area contributed by atoms with Gasteiger partial charge >= 0.3 is 107 Å². The number of hydrogen-bond acceptors (Lipinski definition) is 0. The van der Waals surface area contributed by atoms with E-state index in [0.717, 1.165) is 3.93 Å². The summed E-state index contributed by atoms with van der Waals surface area (Å²) in [4.78, 5) is 15.3. The molecule has 0 radical (unpaired) electrons. The summed E-state index contributed by atoms with van der Waals surface area (Å²) in [5, 5.41) is 0. The van der Waals surface area contributed by atoms with E-state index in [4.69, 9.17) is 0 Å². The standard InChI is InChI=1S/C7H12.6CH3.2Sn/c1-3-5-7-6-4-2;;;;;;;;/h5H,1,4,6-7H2,2H3;6*1H3;;. The second-order valence-corrected chi connectivity index (χ2v) is 37.0. The van der Waals surface area contributed by atoms with Crippen LogP contribution in [0.5, 0.6) is 0 Å². The Morgan fingerprint density at radius 3 is 1.80 bits per heavy atom. The van der Waals surface area contributed by atoms with E-state index in [2.05, 4.69) is 43.1 Å². The van der Waals surface area contributed by atoms with E-state index in [9.17, 15) is 0 Å². The van der Waals surface area contributed by atoms with Gasteiger partial charge < -0.3 is 0 Å². The minimum absolute atomic E-state index is 0.954. The van der Waals surface area contributed by atoms with Gasteiger partial charge in [-0.25, -0.2) is 0 Å². The van der Waals surface area contributed by atoms with Gasteiger partial charge in [0.2, 0.25) is 0 Å². The van der Waals surface area contributed by atoms with Gasteiger partial charge in [-0.2, -0.15) is 0 Å². The Balaban J connectivity index is 4.72. The Morgan fingerprint density at radius 1 is 1.07 bits per heavy atom. The molecular formula is C13H30Sn2. The number of allylic oxidation sites excluding steroid dienone is 1. The molecule has 90 valence electrons. The van der Waals surface area contributed by atoms with E-state index in [1.54, 1.807) is 3.59 Å². The summed E-state index contributed by atoms with van der Waals surface area (Å²) in [5.41, 5.74) is 0. The molecule has 0 N–H and O–H groups in total. The molecular weight excluding hydrogens is 394 g/mol. The molecule has 0 fully saturated rings. The van der Waals surface area contributed by atoms with Crippen molar-refractivity contribution in [3.05, 3.63) is 10.2 Å². The van der Waals surface area contributed by atoms with E-state index in [0.29, 0.717) is 0 Å². The van der Waals surface area contributed by atoms with E-state index in [-0.39, 0.29) is 0 Å². The molecule has 0 saturated heterocycles. The fourth-order valence-electron chi connectivity index (χ4n) is 2.06. The molecule has 15 heavy (non-hydrogen) atoms. The van der Waals surface area contributed by atoms with Crippen LogP contribution in [-0.2, 0) is 0 Å². The topological polar surface area (TPSA) is 0 Å². The Morgan fingerprint density at radius 2 is 1.53 bits per heavy atom. The first kappa shape index (κ1) is 16.3. The minimum atomic E-state index is -1.85. The first-order valence-corrected chi connectivity index (χ1v) is 26.5. The molecule has 2 heteroatoms. The van der Waals surface area contributed by atoms with Crippen molar-refractivity contribution in [1.29, 1.82) is 0 Å². The van der Waals surface area contributed by atoms with Gasteiger partial charge in [-0.15, -0.1) is 0 Å². The molecule has 0 aliphatic heterocycles. The second-order valence-electron chi connectivity index (χ2n) is 6.84. The van der Waals surface area contributed by atoms with Crippen molar-refractivity contribution in [1.82, 2.24) is 0 Å². The van der Waals surface area contributed by atoms with Gasteiger partial charge in [-0.05, 0) is 0 Å². The third kappa shape index (κ3) is 5.99. The first-order valence-electron chi connectivity index (χ1n) is 6.30. The summed E-state index contributed by atoms with van der Waals surface area (Å²) >= 11 is -3.63.